The molecule has 0 spiro atoms. The monoisotopic (exact) mass is 116 g/mol. The zero-order chi connectivity index (χ0) is 5.21. The summed E-state index contributed by atoms with van der Waals surface area (Å²) < 4.78 is 2.74. The Hall–Kier alpha value is 0.230. The van der Waals surface area contributed by atoms with E-state index in [1.807, 2.05) is 0 Å². The van der Waals surface area contributed by atoms with E-state index in [9.17, 15) is 0 Å². The summed E-state index contributed by atoms with van der Waals surface area (Å²) in [7, 11) is -4.58. The van der Waals surface area contributed by atoms with Crippen molar-refractivity contribution in [3.05, 3.63) is 0 Å². The first-order chi connectivity index (χ1) is 2.56. The van der Waals surface area contributed by atoms with E-state index in [1.165, 1.54) is 0 Å². The van der Waals surface area contributed by atoms with Crippen molar-refractivity contribution in [2.75, 3.05) is 0 Å². The van der Waals surface area contributed by atoms with E-state index in [1.54, 1.807) is 0 Å². The Morgan fingerprint density at radius 1 is 1.17 bits per heavy atom. The van der Waals surface area contributed by atoms with Gasteiger partial charge in [-0.15, -0.1) is 0 Å². The van der Waals surface area contributed by atoms with E-state index >= 15 is 0 Å². The van der Waals surface area contributed by atoms with E-state index in [2.05, 4.69) is 4.67 Å². The van der Waals surface area contributed by atoms with Crippen molar-refractivity contribution in [3.8, 4) is 0 Å². The van der Waals surface area contributed by atoms with Crippen molar-refractivity contribution < 1.29 is 24.6 Å². The van der Waals surface area contributed by atoms with Crippen LogP contribution >= 0.6 is 8.17 Å². The molecule has 0 atom stereocenters. The Kier molecular flexibility index (Phi) is 1.86. The molecular weight excluding hydrogens is 111 g/mol. The first-order valence-corrected chi connectivity index (χ1v) is 2.81. The van der Waals surface area contributed by atoms with Crippen LogP contribution in [0.3, 0.4) is 0 Å². The van der Waals surface area contributed by atoms with Gasteiger partial charge >= 0.3 is 32.8 Å². The van der Waals surface area contributed by atoms with Crippen molar-refractivity contribution >= 4 is 8.17 Å². The summed E-state index contributed by atoms with van der Waals surface area (Å²) in [6.07, 6.45) is 0. The predicted molar refractivity (Wildman–Crippen MR) is 18.7 cm³/mol. The molecular formula is H5O5P. The molecule has 0 saturated carbocycles. The predicted octanol–water partition coefficient (Wildman–Crippen LogP) is -1.14. The molecule has 0 fully saturated rings. The van der Waals surface area contributed by atoms with Gasteiger partial charge in [0.15, 0.2) is 0 Å². The van der Waals surface area contributed by atoms with Crippen LogP contribution in [0.4, 0.5) is 0 Å². The molecule has 0 unspecified atom stereocenters. The molecule has 0 saturated heterocycles. The molecule has 0 aromatic rings. The summed E-state index contributed by atoms with van der Waals surface area (Å²) >= 11 is 0. The Bertz CT molecular complexity index is 33.7. The van der Waals surface area contributed by atoms with Crippen molar-refractivity contribution in [3.63, 3.8) is 0 Å². The molecule has 0 amide bonds. The van der Waals surface area contributed by atoms with E-state index in [0.717, 1.165) is 0 Å². The second-order valence-electron chi connectivity index (χ2n) is 0.665. The van der Waals surface area contributed by atoms with Gasteiger partial charge in [-0.05, 0) is 0 Å². The SMILES string of the molecule is OO[PH](O)(O)O. The zero-order valence-electron chi connectivity index (χ0n) is 2.70. The van der Waals surface area contributed by atoms with Gasteiger partial charge in [-0.25, -0.2) is 0 Å². The molecule has 6 heavy (non-hydrogen) atoms. The summed E-state index contributed by atoms with van der Waals surface area (Å²) in [6.45, 7) is 0. The van der Waals surface area contributed by atoms with Crippen LogP contribution < -0.4 is 0 Å². The van der Waals surface area contributed by atoms with Gasteiger partial charge in [-0.2, -0.15) is 0 Å². The summed E-state index contributed by atoms with van der Waals surface area (Å²) in [4.78, 5) is 22.8. The quantitative estimate of drug-likeness (QED) is 0.197. The van der Waals surface area contributed by atoms with Crippen molar-refractivity contribution in [1.82, 2.24) is 0 Å². The second-order valence-corrected chi connectivity index (χ2v) is 2.00. The average molecular weight is 116 g/mol. The molecule has 0 heterocycles. The molecule has 40 valence electrons. The van der Waals surface area contributed by atoms with Crippen LogP contribution in [0.1, 0.15) is 0 Å². The Morgan fingerprint density at radius 2 is 1.33 bits per heavy atom. The third kappa shape index (κ3) is 4.23. The summed E-state index contributed by atoms with van der Waals surface area (Å²) in [6, 6.07) is 0. The van der Waals surface area contributed by atoms with Crippen molar-refractivity contribution in [1.29, 1.82) is 0 Å². The third-order valence-electron chi connectivity index (χ3n) is 0.122. The molecule has 0 aliphatic carbocycles. The van der Waals surface area contributed by atoms with Crippen LogP contribution in [0.5, 0.6) is 0 Å². The second kappa shape index (κ2) is 1.79. The standard InChI is InChI=1S/H5O5P/c1-5-6(2,3)4/h1-4,6H. The van der Waals surface area contributed by atoms with Gasteiger partial charge in [-0.3, -0.25) is 0 Å². The van der Waals surface area contributed by atoms with Gasteiger partial charge in [0.2, 0.25) is 0 Å². The zero-order valence-corrected chi connectivity index (χ0v) is 3.70. The fourth-order valence-corrected chi connectivity index (χ4v) is 0. The van der Waals surface area contributed by atoms with Gasteiger partial charge in [-0.1, -0.05) is 0 Å². The maximum atomic E-state index is 7.60. The Labute approximate surface area is 34.0 Å². The van der Waals surface area contributed by atoms with E-state index in [4.69, 9.17) is 19.9 Å². The molecule has 4 N–H and O–H groups in total. The normalized spacial score (nSPS) is 14.7. The molecule has 0 radical (unpaired) electrons. The molecule has 0 aliphatic heterocycles. The number of hydrogen-bond donors (Lipinski definition) is 4. The van der Waals surface area contributed by atoms with Crippen molar-refractivity contribution in [2.24, 2.45) is 0 Å². The molecule has 0 aromatic carbocycles. The van der Waals surface area contributed by atoms with E-state index < -0.39 is 8.17 Å². The number of rotatable bonds is 1. The fourth-order valence-electron chi connectivity index (χ4n) is 0. The van der Waals surface area contributed by atoms with Gasteiger partial charge in [0, 0.05) is 0 Å². The summed E-state index contributed by atoms with van der Waals surface area (Å²) in [5, 5.41) is 7.21. The third-order valence-corrected chi connectivity index (χ3v) is 0.367. The molecule has 0 aliphatic rings. The van der Waals surface area contributed by atoms with E-state index in [-0.39, 0.29) is 0 Å². The molecule has 5 nitrogen and oxygen atoms in total. The van der Waals surface area contributed by atoms with Crippen LogP contribution in [0.15, 0.2) is 0 Å². The minimum absolute atomic E-state index is 2.74. The molecule has 6 heteroatoms. The van der Waals surface area contributed by atoms with Crippen molar-refractivity contribution in [2.45, 2.75) is 0 Å². The van der Waals surface area contributed by atoms with Gasteiger partial charge in [0.25, 0.3) is 0 Å². The maximum absolute atomic E-state index is 7.60. The summed E-state index contributed by atoms with van der Waals surface area (Å²) in [5.74, 6) is 0. The molecule has 0 rings (SSSR count). The Morgan fingerprint density at radius 3 is 1.33 bits per heavy atom. The minimum atomic E-state index is -4.58. The molecule has 0 bridgehead atoms. The first kappa shape index (κ1) is 6.23. The van der Waals surface area contributed by atoms with Gasteiger partial charge < -0.3 is 0 Å². The van der Waals surface area contributed by atoms with Crippen LogP contribution in [0.25, 0.3) is 0 Å². The fraction of sp³-hybridized carbons (Fsp3) is 0. The Balaban J connectivity index is 3.17. The average Bonchev–Trinajstić information content (AvgIpc) is 1.35. The van der Waals surface area contributed by atoms with Crippen LogP contribution in [0, 0.1) is 0 Å². The van der Waals surface area contributed by atoms with Gasteiger partial charge in [0.05, 0.1) is 0 Å². The molecule has 0 aromatic heterocycles. The van der Waals surface area contributed by atoms with Crippen LogP contribution in [-0.2, 0) is 4.67 Å². The topological polar surface area (TPSA) is 90.2 Å². The van der Waals surface area contributed by atoms with Crippen LogP contribution in [0.2, 0.25) is 0 Å². The van der Waals surface area contributed by atoms with E-state index in [0.29, 0.717) is 0 Å². The van der Waals surface area contributed by atoms with Gasteiger partial charge in [0.1, 0.15) is 0 Å². The first-order valence-electron chi connectivity index (χ1n) is 1.06. The van der Waals surface area contributed by atoms with Crippen LogP contribution in [-0.4, -0.2) is 19.9 Å². The number of hydrogen-bond acceptors (Lipinski definition) is 5. The summed E-state index contributed by atoms with van der Waals surface area (Å²) in [5.41, 5.74) is 0.